The van der Waals surface area contributed by atoms with Crippen LogP contribution in [0.3, 0.4) is 0 Å². The van der Waals surface area contributed by atoms with Gasteiger partial charge in [0.25, 0.3) is 0 Å². The summed E-state index contributed by atoms with van der Waals surface area (Å²) in [6.07, 6.45) is 1.94. The number of nitrogens with zero attached hydrogens (tertiary/aromatic N) is 2. The summed E-state index contributed by atoms with van der Waals surface area (Å²) in [5.74, 6) is 1.47. The number of anilines is 1. The van der Waals surface area contributed by atoms with Crippen molar-refractivity contribution >= 4 is 5.95 Å². The number of fused-ring (bicyclic) bond motifs is 1. The maximum atomic E-state index is 5.87. The summed E-state index contributed by atoms with van der Waals surface area (Å²) in [4.78, 5) is 4.31. The van der Waals surface area contributed by atoms with Crippen LogP contribution in [-0.4, -0.2) is 22.1 Å². The third-order valence-corrected chi connectivity index (χ3v) is 2.42. The van der Waals surface area contributed by atoms with E-state index >= 15 is 0 Å². The highest BCUT2D eigenvalue weighted by Gasteiger charge is 2.19. The molecule has 1 atom stereocenters. The Morgan fingerprint density at radius 1 is 1.69 bits per heavy atom. The monoisotopic (exact) mass is 180 g/mol. The lowest BCUT2D eigenvalue weighted by Crippen LogP contribution is -2.39. The van der Waals surface area contributed by atoms with Crippen LogP contribution in [0.5, 0.6) is 0 Å². The van der Waals surface area contributed by atoms with Crippen LogP contribution in [-0.2, 0) is 6.54 Å². The molecule has 1 unspecified atom stereocenters. The second-order valence-corrected chi connectivity index (χ2v) is 3.91. The summed E-state index contributed by atoms with van der Waals surface area (Å²) < 4.78 is 2.18. The van der Waals surface area contributed by atoms with Crippen molar-refractivity contribution in [3.8, 4) is 0 Å². The molecule has 4 nitrogen and oxygen atoms in total. The minimum Gasteiger partial charge on any atom is -0.354 e. The lowest BCUT2D eigenvalue weighted by Gasteiger charge is -2.24. The van der Waals surface area contributed by atoms with Gasteiger partial charge in [0.05, 0.1) is 6.20 Å². The van der Waals surface area contributed by atoms with E-state index in [1.54, 1.807) is 0 Å². The van der Waals surface area contributed by atoms with E-state index in [2.05, 4.69) is 28.7 Å². The highest BCUT2D eigenvalue weighted by Crippen LogP contribution is 2.21. The Bertz CT molecular complexity index is 303. The van der Waals surface area contributed by atoms with E-state index in [4.69, 9.17) is 5.73 Å². The minimum atomic E-state index is 0.208. The molecule has 3 N–H and O–H groups in total. The van der Waals surface area contributed by atoms with E-state index in [-0.39, 0.29) is 6.04 Å². The fraction of sp³-hybridized carbons (Fsp3) is 0.667. The highest BCUT2D eigenvalue weighted by atomic mass is 15.2. The molecule has 2 rings (SSSR count). The van der Waals surface area contributed by atoms with Gasteiger partial charge in [-0.25, -0.2) is 4.98 Å². The quantitative estimate of drug-likeness (QED) is 0.671. The number of aromatic nitrogens is 2. The van der Waals surface area contributed by atoms with Crippen LogP contribution in [0, 0.1) is 0 Å². The molecular weight excluding hydrogens is 164 g/mol. The van der Waals surface area contributed by atoms with Crippen molar-refractivity contribution < 1.29 is 0 Å². The zero-order valence-corrected chi connectivity index (χ0v) is 8.12. The Morgan fingerprint density at radius 2 is 2.46 bits per heavy atom. The zero-order chi connectivity index (χ0) is 9.42. The molecule has 72 valence electrons. The number of nitrogens with two attached hydrogens (primary N) is 1. The second-order valence-electron chi connectivity index (χ2n) is 3.91. The fourth-order valence-corrected chi connectivity index (χ4v) is 1.70. The molecule has 0 fully saturated rings. The van der Waals surface area contributed by atoms with Crippen molar-refractivity contribution in [3.63, 3.8) is 0 Å². The highest BCUT2D eigenvalue weighted by molar-refractivity contribution is 5.33. The molecule has 4 heteroatoms. The van der Waals surface area contributed by atoms with Gasteiger partial charge in [-0.15, -0.1) is 0 Å². The van der Waals surface area contributed by atoms with Gasteiger partial charge in [-0.05, 0) is 5.92 Å². The van der Waals surface area contributed by atoms with Gasteiger partial charge in [0.15, 0.2) is 0 Å². The number of rotatable bonds is 1. The first-order valence-corrected chi connectivity index (χ1v) is 4.73. The van der Waals surface area contributed by atoms with Gasteiger partial charge < -0.3 is 15.6 Å². The summed E-state index contributed by atoms with van der Waals surface area (Å²) >= 11 is 0. The average molecular weight is 180 g/mol. The SMILES string of the molecule is CC(C)c1cnc2n1CC(N)CN2. The van der Waals surface area contributed by atoms with E-state index in [1.165, 1.54) is 5.69 Å². The number of hydrogen-bond acceptors (Lipinski definition) is 3. The van der Waals surface area contributed by atoms with Crippen LogP contribution in [0.25, 0.3) is 0 Å². The van der Waals surface area contributed by atoms with Crippen molar-refractivity contribution in [1.29, 1.82) is 0 Å². The topological polar surface area (TPSA) is 55.9 Å². The first-order valence-electron chi connectivity index (χ1n) is 4.73. The van der Waals surface area contributed by atoms with Gasteiger partial charge in [0.2, 0.25) is 5.95 Å². The van der Waals surface area contributed by atoms with Gasteiger partial charge in [-0.1, -0.05) is 13.8 Å². The third-order valence-electron chi connectivity index (χ3n) is 2.42. The first kappa shape index (κ1) is 8.56. The van der Waals surface area contributed by atoms with Crippen LogP contribution in [0.15, 0.2) is 6.20 Å². The average Bonchev–Trinajstić information content (AvgIpc) is 2.46. The lowest BCUT2D eigenvalue weighted by atomic mass is 10.1. The molecule has 0 saturated carbocycles. The Balaban J connectivity index is 2.35. The molecule has 0 saturated heterocycles. The van der Waals surface area contributed by atoms with Crippen LogP contribution >= 0.6 is 0 Å². The Labute approximate surface area is 78.1 Å². The summed E-state index contributed by atoms with van der Waals surface area (Å²) in [7, 11) is 0. The lowest BCUT2D eigenvalue weighted by molar-refractivity contribution is 0.520. The standard InChI is InChI=1S/C9H16N4/c1-6(2)8-4-12-9-11-3-7(10)5-13(8)9/h4,6-7H,3,5,10H2,1-2H3,(H,11,12). The van der Waals surface area contributed by atoms with E-state index in [9.17, 15) is 0 Å². The Kier molecular flexibility index (Phi) is 2.00. The number of imidazole rings is 1. The molecule has 1 aliphatic rings. The van der Waals surface area contributed by atoms with E-state index in [1.807, 2.05) is 6.20 Å². The Hall–Kier alpha value is -1.03. The molecule has 0 aliphatic carbocycles. The molecule has 0 bridgehead atoms. The van der Waals surface area contributed by atoms with Crippen molar-refractivity contribution in [2.75, 3.05) is 11.9 Å². The molecule has 0 amide bonds. The minimum absolute atomic E-state index is 0.208. The predicted octanol–water partition coefficient (Wildman–Crippen LogP) is 0.759. The zero-order valence-electron chi connectivity index (χ0n) is 8.12. The molecule has 2 heterocycles. The smallest absolute Gasteiger partial charge is 0.203 e. The number of nitrogens with one attached hydrogen (secondary N) is 1. The van der Waals surface area contributed by atoms with E-state index < -0.39 is 0 Å². The molecule has 0 spiro atoms. The van der Waals surface area contributed by atoms with E-state index in [0.29, 0.717) is 5.92 Å². The van der Waals surface area contributed by atoms with Crippen molar-refractivity contribution in [1.82, 2.24) is 9.55 Å². The van der Waals surface area contributed by atoms with Crippen molar-refractivity contribution in [2.45, 2.75) is 32.4 Å². The Morgan fingerprint density at radius 3 is 3.15 bits per heavy atom. The van der Waals surface area contributed by atoms with Crippen LogP contribution in [0.2, 0.25) is 0 Å². The van der Waals surface area contributed by atoms with Crippen LogP contribution in [0.1, 0.15) is 25.5 Å². The molecule has 13 heavy (non-hydrogen) atoms. The first-order chi connectivity index (χ1) is 6.18. The van der Waals surface area contributed by atoms with Crippen molar-refractivity contribution in [3.05, 3.63) is 11.9 Å². The van der Waals surface area contributed by atoms with Crippen LogP contribution in [0.4, 0.5) is 5.95 Å². The molecule has 1 aliphatic heterocycles. The predicted molar refractivity (Wildman–Crippen MR) is 52.8 cm³/mol. The normalized spacial score (nSPS) is 21.4. The number of hydrogen-bond donors (Lipinski definition) is 2. The largest absolute Gasteiger partial charge is 0.354 e. The van der Waals surface area contributed by atoms with Crippen molar-refractivity contribution in [2.24, 2.45) is 5.73 Å². The summed E-state index contributed by atoms with van der Waals surface area (Å²) in [5.41, 5.74) is 7.13. The van der Waals surface area contributed by atoms with Gasteiger partial charge in [0.1, 0.15) is 0 Å². The van der Waals surface area contributed by atoms with E-state index in [0.717, 1.165) is 19.0 Å². The molecule has 0 aromatic carbocycles. The van der Waals surface area contributed by atoms with Gasteiger partial charge >= 0.3 is 0 Å². The summed E-state index contributed by atoms with van der Waals surface area (Å²) in [6, 6.07) is 0.208. The molecule has 1 aromatic heterocycles. The third kappa shape index (κ3) is 1.42. The van der Waals surface area contributed by atoms with Gasteiger partial charge in [-0.3, -0.25) is 0 Å². The van der Waals surface area contributed by atoms with Gasteiger partial charge in [-0.2, -0.15) is 0 Å². The molecule has 0 radical (unpaired) electrons. The molecular formula is C9H16N4. The summed E-state index contributed by atoms with van der Waals surface area (Å²) in [6.45, 7) is 6.05. The second kappa shape index (κ2) is 3.03. The van der Waals surface area contributed by atoms with Crippen LogP contribution < -0.4 is 11.1 Å². The summed E-state index contributed by atoms with van der Waals surface area (Å²) in [5, 5.41) is 3.21. The maximum Gasteiger partial charge on any atom is 0.203 e. The fourth-order valence-electron chi connectivity index (χ4n) is 1.70. The maximum absolute atomic E-state index is 5.87. The van der Waals surface area contributed by atoms with Gasteiger partial charge in [0, 0.05) is 24.8 Å². The molecule has 1 aromatic rings.